The first-order chi connectivity index (χ1) is 9.56. The molecule has 0 aliphatic heterocycles. The van der Waals surface area contributed by atoms with Crippen LogP contribution < -0.4 is 5.32 Å². The van der Waals surface area contributed by atoms with E-state index in [1.807, 2.05) is 23.1 Å². The number of nitrogens with one attached hydrogen (secondary N) is 1. The van der Waals surface area contributed by atoms with Crippen molar-refractivity contribution in [3.63, 3.8) is 0 Å². The largest absolute Gasteiger partial charge is 0.312 e. The standard InChI is InChI=1S/C16H30N2S2/c1-6-14(12-19-5)18(4)11-16-8-7-15(20-16)10-17-9-13(2)3/h7-8,13-14,17H,6,9-12H2,1-5H3. The van der Waals surface area contributed by atoms with Crippen LogP contribution in [0.1, 0.15) is 36.9 Å². The third-order valence-electron chi connectivity index (χ3n) is 3.43. The Morgan fingerprint density at radius 2 is 2.00 bits per heavy atom. The molecule has 0 fully saturated rings. The number of hydrogen-bond donors (Lipinski definition) is 1. The van der Waals surface area contributed by atoms with Gasteiger partial charge in [-0.2, -0.15) is 11.8 Å². The lowest BCUT2D eigenvalue weighted by atomic mass is 10.2. The molecule has 2 nitrogen and oxygen atoms in total. The molecule has 0 radical (unpaired) electrons. The van der Waals surface area contributed by atoms with Gasteiger partial charge in [-0.15, -0.1) is 11.3 Å². The summed E-state index contributed by atoms with van der Waals surface area (Å²) in [6, 6.07) is 5.25. The molecule has 116 valence electrons. The van der Waals surface area contributed by atoms with Crippen molar-refractivity contribution < 1.29 is 0 Å². The number of thiophene rings is 1. The highest BCUT2D eigenvalue weighted by Crippen LogP contribution is 2.20. The van der Waals surface area contributed by atoms with Crippen molar-refractivity contribution in [3.05, 3.63) is 21.9 Å². The van der Waals surface area contributed by atoms with Crippen molar-refractivity contribution in [2.24, 2.45) is 5.92 Å². The minimum absolute atomic E-state index is 0.689. The third kappa shape index (κ3) is 6.61. The summed E-state index contributed by atoms with van der Waals surface area (Å²) in [4.78, 5) is 5.42. The van der Waals surface area contributed by atoms with E-state index >= 15 is 0 Å². The zero-order chi connectivity index (χ0) is 15.0. The molecule has 1 atom stereocenters. The molecule has 1 unspecified atom stereocenters. The Kier molecular flexibility index (Phi) is 8.85. The maximum absolute atomic E-state index is 3.52. The van der Waals surface area contributed by atoms with Gasteiger partial charge in [0.05, 0.1) is 0 Å². The van der Waals surface area contributed by atoms with Gasteiger partial charge in [-0.1, -0.05) is 20.8 Å². The van der Waals surface area contributed by atoms with Crippen LogP contribution in [0.3, 0.4) is 0 Å². The van der Waals surface area contributed by atoms with Gasteiger partial charge in [-0.25, -0.2) is 0 Å². The van der Waals surface area contributed by atoms with Crippen LogP contribution in [0.15, 0.2) is 12.1 Å². The summed E-state index contributed by atoms with van der Waals surface area (Å²) in [5.41, 5.74) is 0. The van der Waals surface area contributed by atoms with Crippen LogP contribution in [0.4, 0.5) is 0 Å². The van der Waals surface area contributed by atoms with E-state index in [1.165, 1.54) is 21.9 Å². The number of rotatable bonds is 10. The first-order valence-corrected chi connectivity index (χ1v) is 9.75. The first kappa shape index (κ1) is 18.0. The van der Waals surface area contributed by atoms with Crippen LogP contribution in [0.5, 0.6) is 0 Å². The van der Waals surface area contributed by atoms with Gasteiger partial charge in [-0.05, 0) is 44.3 Å². The topological polar surface area (TPSA) is 15.3 Å². The second-order valence-corrected chi connectivity index (χ2v) is 7.99. The van der Waals surface area contributed by atoms with Gasteiger partial charge in [0.25, 0.3) is 0 Å². The normalized spacial score (nSPS) is 13.3. The molecule has 0 spiro atoms. The summed E-state index contributed by atoms with van der Waals surface area (Å²) in [6.07, 6.45) is 3.42. The van der Waals surface area contributed by atoms with Crippen LogP contribution in [-0.2, 0) is 13.1 Å². The lowest BCUT2D eigenvalue weighted by Gasteiger charge is -2.25. The van der Waals surface area contributed by atoms with Gasteiger partial charge < -0.3 is 5.32 Å². The molecule has 0 aliphatic carbocycles. The Morgan fingerprint density at radius 1 is 1.30 bits per heavy atom. The Morgan fingerprint density at radius 3 is 2.60 bits per heavy atom. The van der Waals surface area contributed by atoms with Gasteiger partial charge in [0, 0.05) is 34.6 Å². The minimum Gasteiger partial charge on any atom is -0.312 e. The molecule has 1 N–H and O–H groups in total. The maximum atomic E-state index is 3.52. The van der Waals surface area contributed by atoms with Crippen molar-refractivity contribution in [2.75, 3.05) is 25.6 Å². The van der Waals surface area contributed by atoms with Gasteiger partial charge in [0.1, 0.15) is 0 Å². The summed E-state index contributed by atoms with van der Waals surface area (Å²) < 4.78 is 0. The van der Waals surface area contributed by atoms with E-state index in [4.69, 9.17) is 0 Å². The molecular weight excluding hydrogens is 284 g/mol. The van der Waals surface area contributed by atoms with Crippen LogP contribution in [0.25, 0.3) is 0 Å². The lowest BCUT2D eigenvalue weighted by molar-refractivity contribution is 0.250. The molecule has 0 saturated carbocycles. The first-order valence-electron chi connectivity index (χ1n) is 7.54. The van der Waals surface area contributed by atoms with E-state index in [1.54, 1.807) is 0 Å². The van der Waals surface area contributed by atoms with Crippen LogP contribution in [0, 0.1) is 5.92 Å². The van der Waals surface area contributed by atoms with E-state index in [9.17, 15) is 0 Å². The van der Waals surface area contributed by atoms with E-state index in [0.717, 1.165) is 25.6 Å². The number of thioether (sulfide) groups is 1. The predicted molar refractivity (Wildman–Crippen MR) is 94.8 cm³/mol. The summed E-state index contributed by atoms with van der Waals surface area (Å²) in [5, 5.41) is 3.52. The van der Waals surface area contributed by atoms with Gasteiger partial charge in [0.2, 0.25) is 0 Å². The smallest absolute Gasteiger partial charge is 0.0328 e. The van der Waals surface area contributed by atoms with Crippen molar-refractivity contribution in [2.45, 2.75) is 46.3 Å². The zero-order valence-electron chi connectivity index (χ0n) is 13.6. The van der Waals surface area contributed by atoms with Crippen LogP contribution >= 0.6 is 23.1 Å². The van der Waals surface area contributed by atoms with Crippen molar-refractivity contribution in [3.8, 4) is 0 Å². The molecule has 1 rings (SSSR count). The summed E-state index contributed by atoms with van der Waals surface area (Å²) in [6.45, 7) is 9.96. The van der Waals surface area contributed by atoms with E-state index in [2.05, 4.69) is 56.4 Å². The van der Waals surface area contributed by atoms with Crippen molar-refractivity contribution in [1.82, 2.24) is 10.2 Å². The van der Waals surface area contributed by atoms with Crippen LogP contribution in [-0.4, -0.2) is 36.5 Å². The van der Waals surface area contributed by atoms with Gasteiger partial charge >= 0.3 is 0 Å². The fourth-order valence-corrected chi connectivity index (χ4v) is 4.14. The lowest BCUT2D eigenvalue weighted by Crippen LogP contribution is -2.32. The Balaban J connectivity index is 2.42. The highest BCUT2D eigenvalue weighted by molar-refractivity contribution is 7.98. The van der Waals surface area contributed by atoms with E-state index < -0.39 is 0 Å². The molecule has 4 heteroatoms. The molecule has 0 aliphatic rings. The molecule has 1 aromatic heterocycles. The second-order valence-electron chi connectivity index (χ2n) is 5.83. The third-order valence-corrected chi connectivity index (χ3v) is 5.22. The maximum Gasteiger partial charge on any atom is 0.0328 e. The van der Waals surface area contributed by atoms with Gasteiger partial charge in [0.15, 0.2) is 0 Å². The van der Waals surface area contributed by atoms with E-state index in [0.29, 0.717) is 6.04 Å². The Hall–Kier alpha value is -0.0300. The Bertz CT molecular complexity index is 363. The molecule has 0 amide bonds. The van der Waals surface area contributed by atoms with Crippen molar-refractivity contribution in [1.29, 1.82) is 0 Å². The average molecular weight is 315 g/mol. The second kappa shape index (κ2) is 9.82. The highest BCUT2D eigenvalue weighted by atomic mass is 32.2. The predicted octanol–water partition coefficient (Wildman–Crippen LogP) is 4.07. The SMILES string of the molecule is CCC(CSC)N(C)Cc1ccc(CNCC(C)C)s1. The molecule has 20 heavy (non-hydrogen) atoms. The van der Waals surface area contributed by atoms with Crippen LogP contribution in [0.2, 0.25) is 0 Å². The quantitative estimate of drug-likeness (QED) is 0.701. The molecule has 0 aromatic carbocycles. The molecule has 1 aromatic rings. The van der Waals surface area contributed by atoms with Crippen molar-refractivity contribution >= 4 is 23.1 Å². The molecular formula is C16H30N2S2. The number of nitrogens with zero attached hydrogens (tertiary/aromatic N) is 1. The summed E-state index contributed by atoms with van der Waals surface area (Å²) >= 11 is 3.89. The summed E-state index contributed by atoms with van der Waals surface area (Å²) in [7, 11) is 2.25. The van der Waals surface area contributed by atoms with Gasteiger partial charge in [-0.3, -0.25) is 4.90 Å². The fourth-order valence-electron chi connectivity index (χ4n) is 2.21. The zero-order valence-corrected chi connectivity index (χ0v) is 15.2. The Labute approximate surface area is 133 Å². The average Bonchev–Trinajstić information content (AvgIpc) is 2.83. The highest BCUT2D eigenvalue weighted by Gasteiger charge is 2.13. The molecule has 0 bridgehead atoms. The monoisotopic (exact) mass is 314 g/mol. The molecule has 0 saturated heterocycles. The fraction of sp³-hybridized carbons (Fsp3) is 0.750. The minimum atomic E-state index is 0.689. The summed E-state index contributed by atoms with van der Waals surface area (Å²) in [5.74, 6) is 1.94. The molecule has 1 heterocycles. The van der Waals surface area contributed by atoms with E-state index in [-0.39, 0.29) is 0 Å². The number of hydrogen-bond acceptors (Lipinski definition) is 4.